The van der Waals surface area contributed by atoms with E-state index in [2.05, 4.69) is 97.6 Å². The minimum Gasteiger partial charge on any atom is -0.456 e. The monoisotopic (exact) mass is 713 g/mol. The molecule has 55 heavy (non-hydrogen) atoms. The number of nitrogens with zero attached hydrogens (tertiary/aromatic N) is 3. The third kappa shape index (κ3) is 5.72. The van der Waals surface area contributed by atoms with Crippen LogP contribution in [0.5, 0.6) is 0 Å². The molecule has 2 aromatic heterocycles. The molecule has 0 bridgehead atoms. The van der Waals surface area contributed by atoms with Gasteiger partial charge in [-0.15, -0.1) is 0 Å². The number of benzene rings is 5. The zero-order valence-electron chi connectivity index (χ0n) is 31.6. The number of rotatable bonds is 5. The van der Waals surface area contributed by atoms with E-state index in [1.807, 2.05) is 75.4 Å². The first-order chi connectivity index (χ1) is 27.1. The molecular weight excluding hydrogens is 671 g/mol. The van der Waals surface area contributed by atoms with Crippen LogP contribution in [0.15, 0.2) is 162 Å². The smallest absolute Gasteiger partial charge is 0.164 e. The van der Waals surface area contributed by atoms with E-state index in [-0.39, 0.29) is 5.41 Å². The SMILES string of the molecule is C=C/C(=C\C=C/C)c1nc(-c2ccccc2)nc(-c2ccc3c(c2)C2(CC4=CCCC=C4c4cc5oc6ccccc6c5cc42)Cc2ccccc2-3)n1.CC. The van der Waals surface area contributed by atoms with Crippen LogP contribution in [0.4, 0.5) is 0 Å². The Balaban J connectivity index is 0.00000195. The largest absolute Gasteiger partial charge is 0.456 e. The fourth-order valence-corrected chi connectivity index (χ4v) is 8.84. The van der Waals surface area contributed by atoms with Gasteiger partial charge >= 0.3 is 0 Å². The lowest BCUT2D eigenvalue weighted by atomic mass is 9.56. The van der Waals surface area contributed by atoms with Crippen molar-refractivity contribution in [1.82, 2.24) is 15.0 Å². The van der Waals surface area contributed by atoms with Gasteiger partial charge < -0.3 is 4.42 Å². The summed E-state index contributed by atoms with van der Waals surface area (Å²) in [5.41, 5.74) is 14.9. The lowest BCUT2D eigenvalue weighted by Crippen LogP contribution is -2.38. The van der Waals surface area contributed by atoms with Crippen LogP contribution in [0.1, 0.15) is 68.1 Å². The van der Waals surface area contributed by atoms with Crippen molar-refractivity contribution in [2.24, 2.45) is 0 Å². The van der Waals surface area contributed by atoms with Gasteiger partial charge in [0.2, 0.25) is 0 Å². The Morgan fingerprint density at radius 1 is 0.673 bits per heavy atom. The molecule has 1 unspecified atom stereocenters. The molecular formula is C51H43N3O. The van der Waals surface area contributed by atoms with E-state index < -0.39 is 0 Å². The average Bonchev–Trinajstić information content (AvgIpc) is 3.62. The second-order valence-corrected chi connectivity index (χ2v) is 14.3. The van der Waals surface area contributed by atoms with Gasteiger partial charge in [0.15, 0.2) is 17.5 Å². The van der Waals surface area contributed by atoms with Crippen LogP contribution >= 0.6 is 0 Å². The van der Waals surface area contributed by atoms with Crippen molar-refractivity contribution in [3.8, 4) is 33.9 Å². The van der Waals surface area contributed by atoms with Crippen molar-refractivity contribution in [3.05, 3.63) is 186 Å². The Labute approximate surface area is 323 Å². The highest BCUT2D eigenvalue weighted by atomic mass is 16.3. The van der Waals surface area contributed by atoms with Gasteiger partial charge in [-0.2, -0.15) is 0 Å². The molecule has 0 fully saturated rings. The molecule has 0 radical (unpaired) electrons. The molecule has 0 aliphatic heterocycles. The first-order valence-electron chi connectivity index (χ1n) is 19.5. The molecule has 4 nitrogen and oxygen atoms in total. The molecule has 3 aliphatic carbocycles. The molecule has 0 saturated carbocycles. The van der Waals surface area contributed by atoms with Crippen molar-refractivity contribution in [2.75, 3.05) is 0 Å². The van der Waals surface area contributed by atoms with Gasteiger partial charge in [0.1, 0.15) is 11.2 Å². The lowest BCUT2D eigenvalue weighted by Gasteiger charge is -2.46. The van der Waals surface area contributed by atoms with Crippen LogP contribution in [-0.4, -0.2) is 15.0 Å². The Kier molecular flexibility index (Phi) is 8.82. The second kappa shape index (κ2) is 14.1. The highest BCUT2D eigenvalue weighted by Crippen LogP contribution is 2.58. The summed E-state index contributed by atoms with van der Waals surface area (Å²) in [6, 6.07) is 39.1. The minimum atomic E-state index is -0.321. The van der Waals surface area contributed by atoms with E-state index in [0.29, 0.717) is 17.5 Å². The number of fused-ring (bicyclic) bond motifs is 11. The highest BCUT2D eigenvalue weighted by molar-refractivity contribution is 6.07. The van der Waals surface area contributed by atoms with Crippen LogP contribution in [0, 0.1) is 0 Å². The van der Waals surface area contributed by atoms with Crippen LogP contribution in [0.25, 0.3) is 67.0 Å². The van der Waals surface area contributed by atoms with Gasteiger partial charge in [0.25, 0.3) is 0 Å². The van der Waals surface area contributed by atoms with Crippen molar-refractivity contribution in [2.45, 2.75) is 51.9 Å². The zero-order chi connectivity index (χ0) is 37.5. The van der Waals surface area contributed by atoms with Crippen LogP contribution < -0.4 is 0 Å². The molecule has 268 valence electrons. The summed E-state index contributed by atoms with van der Waals surface area (Å²) < 4.78 is 6.50. The number of aromatic nitrogens is 3. The molecule has 7 aromatic rings. The summed E-state index contributed by atoms with van der Waals surface area (Å²) in [6.07, 6.45) is 16.6. The summed E-state index contributed by atoms with van der Waals surface area (Å²) in [5.74, 6) is 1.87. The third-order valence-corrected chi connectivity index (χ3v) is 11.3. The number of hydrogen-bond donors (Lipinski definition) is 0. The maximum Gasteiger partial charge on any atom is 0.164 e. The van der Waals surface area contributed by atoms with Crippen molar-refractivity contribution in [1.29, 1.82) is 0 Å². The average molecular weight is 714 g/mol. The van der Waals surface area contributed by atoms with Crippen molar-refractivity contribution in [3.63, 3.8) is 0 Å². The van der Waals surface area contributed by atoms with Gasteiger partial charge in [-0.3, -0.25) is 0 Å². The Morgan fingerprint density at radius 3 is 2.25 bits per heavy atom. The van der Waals surface area contributed by atoms with E-state index in [1.54, 1.807) is 0 Å². The van der Waals surface area contributed by atoms with Gasteiger partial charge in [-0.25, -0.2) is 15.0 Å². The molecule has 0 N–H and O–H groups in total. The second-order valence-electron chi connectivity index (χ2n) is 14.3. The molecule has 1 spiro atoms. The van der Waals surface area contributed by atoms with Gasteiger partial charge in [0, 0.05) is 32.9 Å². The topological polar surface area (TPSA) is 51.8 Å². The van der Waals surface area contributed by atoms with E-state index >= 15 is 0 Å². The van der Waals surface area contributed by atoms with E-state index in [0.717, 1.165) is 58.9 Å². The third-order valence-electron chi connectivity index (χ3n) is 11.3. The molecule has 2 heterocycles. The minimum absolute atomic E-state index is 0.321. The van der Waals surface area contributed by atoms with Crippen LogP contribution in [0.3, 0.4) is 0 Å². The van der Waals surface area contributed by atoms with Crippen molar-refractivity contribution < 1.29 is 4.42 Å². The van der Waals surface area contributed by atoms with Gasteiger partial charge in [0.05, 0.1) is 0 Å². The lowest BCUT2D eigenvalue weighted by molar-refractivity contribution is 0.495. The maximum absolute atomic E-state index is 6.50. The zero-order valence-corrected chi connectivity index (χ0v) is 31.6. The summed E-state index contributed by atoms with van der Waals surface area (Å²) in [6.45, 7) is 10.1. The summed E-state index contributed by atoms with van der Waals surface area (Å²) in [5, 5.41) is 2.32. The summed E-state index contributed by atoms with van der Waals surface area (Å²) >= 11 is 0. The van der Waals surface area contributed by atoms with Gasteiger partial charge in [-0.1, -0.05) is 142 Å². The number of hydrogen-bond acceptors (Lipinski definition) is 4. The maximum atomic E-state index is 6.50. The molecule has 0 saturated heterocycles. The first-order valence-corrected chi connectivity index (χ1v) is 19.5. The molecule has 10 rings (SSSR count). The Hall–Kier alpha value is -6.39. The fraction of sp³-hybridized carbons (Fsp3) is 0.157. The fourth-order valence-electron chi connectivity index (χ4n) is 8.84. The Morgan fingerprint density at radius 2 is 1.42 bits per heavy atom. The molecule has 0 amide bonds. The van der Waals surface area contributed by atoms with Crippen LogP contribution in [0.2, 0.25) is 0 Å². The molecule has 3 aliphatic rings. The number of allylic oxidation sites excluding steroid dienone is 9. The number of furan rings is 1. The predicted molar refractivity (Wildman–Crippen MR) is 229 cm³/mol. The highest BCUT2D eigenvalue weighted by Gasteiger charge is 2.46. The standard InChI is InChI=1S/C49H37N3O.C2H6/c1-3-5-15-31(4-2)46-50-47(32-16-7-6-8-17-32)52-48(51-46)33-24-25-38-36-20-11-9-18-34(36)29-49(42(38)26-33)30-35-19-10-12-21-37(35)40-28-45-41(27-43(40)49)39-22-13-14-23-44(39)53-45;1-2/h3-9,11,13-28H,2,10,12,29-30H2,1H3;1-2H3/b5-3-,31-15+;. The van der Waals surface area contributed by atoms with Gasteiger partial charge in [-0.05, 0) is 101 Å². The molecule has 5 aromatic carbocycles. The van der Waals surface area contributed by atoms with Crippen molar-refractivity contribution >= 4 is 33.1 Å². The van der Waals surface area contributed by atoms with Crippen LogP contribution in [-0.2, 0) is 11.8 Å². The first kappa shape index (κ1) is 34.4. The van der Waals surface area contributed by atoms with E-state index in [1.165, 1.54) is 49.9 Å². The Bertz CT molecular complexity index is 2760. The van der Waals surface area contributed by atoms with E-state index in [4.69, 9.17) is 19.4 Å². The summed E-state index contributed by atoms with van der Waals surface area (Å²) in [7, 11) is 0. The molecule has 1 atom stereocenters. The summed E-state index contributed by atoms with van der Waals surface area (Å²) in [4.78, 5) is 15.2. The molecule has 4 heteroatoms. The quantitative estimate of drug-likeness (QED) is 0.167. The predicted octanol–water partition coefficient (Wildman–Crippen LogP) is 13.3. The normalized spacial score (nSPS) is 17.1. The number of para-hydroxylation sites is 1. The van der Waals surface area contributed by atoms with E-state index in [9.17, 15) is 0 Å².